The molecule has 1 N–H and O–H groups in total. The highest BCUT2D eigenvalue weighted by atomic mass is 14.8. The Hall–Kier alpha value is -0.480. The molecule has 0 heterocycles. The Morgan fingerprint density at radius 1 is 1.33 bits per heavy atom. The molecule has 0 spiro atoms. The fraction of sp³-hybridized carbons (Fsp3) is 0.857. The van der Waals surface area contributed by atoms with Crippen LogP contribution in [0.25, 0.3) is 0 Å². The summed E-state index contributed by atoms with van der Waals surface area (Å²) in [6.07, 6.45) is 11.7. The first-order valence-corrected chi connectivity index (χ1v) is 6.42. The Bertz CT molecular complexity index is 202. The highest BCUT2D eigenvalue weighted by Crippen LogP contribution is 2.35. The Morgan fingerprint density at radius 2 is 2.13 bits per heavy atom. The molecule has 0 amide bonds. The van der Waals surface area contributed by atoms with E-state index in [1.807, 2.05) is 0 Å². The van der Waals surface area contributed by atoms with Crippen LogP contribution in [0.1, 0.15) is 46.0 Å². The molecule has 3 atom stereocenters. The number of rotatable bonds is 5. The summed E-state index contributed by atoms with van der Waals surface area (Å²) in [5.41, 5.74) is 0. The molecule has 0 radical (unpaired) electrons. The van der Waals surface area contributed by atoms with E-state index in [4.69, 9.17) is 6.42 Å². The van der Waals surface area contributed by atoms with E-state index in [1.54, 1.807) is 0 Å². The average Bonchev–Trinajstić information content (AvgIpc) is 2.25. The van der Waals surface area contributed by atoms with Gasteiger partial charge in [0.25, 0.3) is 0 Å². The van der Waals surface area contributed by atoms with E-state index < -0.39 is 0 Å². The first kappa shape index (κ1) is 12.6. The summed E-state index contributed by atoms with van der Waals surface area (Å²) in [4.78, 5) is 0. The van der Waals surface area contributed by atoms with Gasteiger partial charge >= 0.3 is 0 Å². The van der Waals surface area contributed by atoms with E-state index in [9.17, 15) is 0 Å². The van der Waals surface area contributed by atoms with Crippen LogP contribution in [0.5, 0.6) is 0 Å². The molecule has 1 fully saturated rings. The van der Waals surface area contributed by atoms with Gasteiger partial charge in [0.15, 0.2) is 0 Å². The maximum Gasteiger partial charge on any atom is 0.00888 e. The van der Waals surface area contributed by atoms with Gasteiger partial charge in [-0.2, -0.15) is 0 Å². The standard InChI is InChI=1S/C14H25N/c1-4-6-7-13-10-12(3)8-9-14(13)11-15-5-2/h1,12-15H,5-11H2,2-3H3. The van der Waals surface area contributed by atoms with Crippen LogP contribution in [0.3, 0.4) is 0 Å². The fourth-order valence-corrected chi connectivity index (χ4v) is 2.78. The number of hydrogen-bond donors (Lipinski definition) is 1. The molecule has 3 unspecified atom stereocenters. The summed E-state index contributed by atoms with van der Waals surface area (Å²) in [5, 5.41) is 3.49. The van der Waals surface area contributed by atoms with Gasteiger partial charge in [-0.25, -0.2) is 0 Å². The van der Waals surface area contributed by atoms with Crippen molar-refractivity contribution in [2.24, 2.45) is 17.8 Å². The van der Waals surface area contributed by atoms with Gasteiger partial charge in [-0.3, -0.25) is 0 Å². The van der Waals surface area contributed by atoms with Crippen molar-refractivity contribution >= 4 is 0 Å². The van der Waals surface area contributed by atoms with Gasteiger partial charge < -0.3 is 5.32 Å². The van der Waals surface area contributed by atoms with Crippen LogP contribution in [0, 0.1) is 30.1 Å². The molecule has 1 heteroatoms. The molecule has 1 nitrogen and oxygen atoms in total. The minimum Gasteiger partial charge on any atom is -0.317 e. The summed E-state index contributed by atoms with van der Waals surface area (Å²) in [6, 6.07) is 0. The van der Waals surface area contributed by atoms with Gasteiger partial charge in [0, 0.05) is 6.42 Å². The summed E-state index contributed by atoms with van der Waals surface area (Å²) >= 11 is 0. The molecular formula is C14H25N. The second-order valence-corrected chi connectivity index (χ2v) is 4.99. The molecule has 1 saturated carbocycles. The molecule has 0 bridgehead atoms. The minimum absolute atomic E-state index is 0.865. The topological polar surface area (TPSA) is 12.0 Å². The number of nitrogens with one attached hydrogen (secondary N) is 1. The van der Waals surface area contributed by atoms with E-state index in [-0.39, 0.29) is 0 Å². The van der Waals surface area contributed by atoms with Gasteiger partial charge in [0.05, 0.1) is 0 Å². The summed E-state index contributed by atoms with van der Waals surface area (Å²) < 4.78 is 0. The lowest BCUT2D eigenvalue weighted by Gasteiger charge is -2.35. The molecule has 1 aliphatic carbocycles. The molecule has 0 aliphatic heterocycles. The average molecular weight is 207 g/mol. The van der Waals surface area contributed by atoms with E-state index in [0.717, 1.165) is 30.7 Å². The quantitative estimate of drug-likeness (QED) is 0.683. The van der Waals surface area contributed by atoms with Gasteiger partial charge in [-0.05, 0) is 50.1 Å². The second-order valence-electron chi connectivity index (χ2n) is 4.99. The van der Waals surface area contributed by atoms with Crippen LogP contribution < -0.4 is 5.32 Å². The summed E-state index contributed by atoms with van der Waals surface area (Å²) in [6.45, 7) is 6.85. The predicted molar refractivity (Wildman–Crippen MR) is 66.6 cm³/mol. The predicted octanol–water partition coefficient (Wildman–Crippen LogP) is 3.06. The van der Waals surface area contributed by atoms with Crippen molar-refractivity contribution in [2.45, 2.75) is 46.0 Å². The Morgan fingerprint density at radius 3 is 2.80 bits per heavy atom. The van der Waals surface area contributed by atoms with Crippen molar-refractivity contribution in [2.75, 3.05) is 13.1 Å². The van der Waals surface area contributed by atoms with Crippen molar-refractivity contribution in [3.05, 3.63) is 0 Å². The van der Waals surface area contributed by atoms with Crippen LogP contribution in [-0.4, -0.2) is 13.1 Å². The zero-order chi connectivity index (χ0) is 11.1. The van der Waals surface area contributed by atoms with Crippen molar-refractivity contribution in [1.82, 2.24) is 5.32 Å². The smallest absolute Gasteiger partial charge is 0.00888 e. The van der Waals surface area contributed by atoms with Crippen molar-refractivity contribution in [1.29, 1.82) is 0 Å². The highest BCUT2D eigenvalue weighted by Gasteiger charge is 2.27. The van der Waals surface area contributed by atoms with Crippen LogP contribution >= 0.6 is 0 Å². The van der Waals surface area contributed by atoms with Gasteiger partial charge in [-0.15, -0.1) is 12.3 Å². The van der Waals surface area contributed by atoms with Crippen molar-refractivity contribution < 1.29 is 0 Å². The molecule has 1 rings (SSSR count). The number of hydrogen-bond acceptors (Lipinski definition) is 1. The first-order valence-electron chi connectivity index (χ1n) is 6.42. The zero-order valence-electron chi connectivity index (χ0n) is 10.3. The minimum atomic E-state index is 0.865. The fourth-order valence-electron chi connectivity index (χ4n) is 2.78. The monoisotopic (exact) mass is 207 g/mol. The number of terminal acetylenes is 1. The Balaban J connectivity index is 2.39. The Labute approximate surface area is 95.0 Å². The molecule has 86 valence electrons. The molecule has 1 aliphatic rings. The van der Waals surface area contributed by atoms with Crippen LogP contribution in [0.15, 0.2) is 0 Å². The van der Waals surface area contributed by atoms with E-state index >= 15 is 0 Å². The van der Waals surface area contributed by atoms with Crippen molar-refractivity contribution in [3.8, 4) is 12.3 Å². The molecular weight excluding hydrogens is 182 g/mol. The maximum absolute atomic E-state index is 5.36. The van der Waals surface area contributed by atoms with Gasteiger partial charge in [0.1, 0.15) is 0 Å². The highest BCUT2D eigenvalue weighted by molar-refractivity contribution is 4.87. The zero-order valence-corrected chi connectivity index (χ0v) is 10.3. The Kier molecular flexibility index (Phi) is 5.79. The summed E-state index contributed by atoms with van der Waals surface area (Å²) in [7, 11) is 0. The molecule has 0 aromatic rings. The second kappa shape index (κ2) is 6.90. The third kappa shape index (κ3) is 4.26. The van der Waals surface area contributed by atoms with E-state index in [1.165, 1.54) is 32.2 Å². The first-order chi connectivity index (χ1) is 7.27. The van der Waals surface area contributed by atoms with E-state index in [2.05, 4.69) is 25.1 Å². The van der Waals surface area contributed by atoms with Gasteiger partial charge in [0.2, 0.25) is 0 Å². The van der Waals surface area contributed by atoms with Crippen LogP contribution in [0.2, 0.25) is 0 Å². The third-order valence-corrected chi connectivity index (χ3v) is 3.72. The lowest BCUT2D eigenvalue weighted by atomic mass is 9.73. The SMILES string of the molecule is C#CCCC1CC(C)CCC1CNCC. The van der Waals surface area contributed by atoms with Crippen molar-refractivity contribution in [3.63, 3.8) is 0 Å². The molecule has 0 aromatic heterocycles. The third-order valence-electron chi connectivity index (χ3n) is 3.72. The molecule has 15 heavy (non-hydrogen) atoms. The largest absolute Gasteiger partial charge is 0.317 e. The lowest BCUT2D eigenvalue weighted by molar-refractivity contribution is 0.177. The van der Waals surface area contributed by atoms with E-state index in [0.29, 0.717) is 0 Å². The maximum atomic E-state index is 5.36. The van der Waals surface area contributed by atoms with Crippen LogP contribution in [-0.2, 0) is 0 Å². The molecule has 0 aromatic carbocycles. The van der Waals surface area contributed by atoms with Crippen LogP contribution in [0.4, 0.5) is 0 Å². The van der Waals surface area contributed by atoms with Gasteiger partial charge in [-0.1, -0.05) is 20.3 Å². The normalized spacial score (nSPS) is 31.1. The molecule has 0 saturated heterocycles. The summed E-state index contributed by atoms with van der Waals surface area (Å²) in [5.74, 6) is 5.43. The lowest BCUT2D eigenvalue weighted by Crippen LogP contribution is -2.32.